The molecule has 1 saturated heterocycles. The second kappa shape index (κ2) is 6.58. The Hall–Kier alpha value is -1.54. The molecule has 19 heavy (non-hydrogen) atoms. The van der Waals surface area contributed by atoms with Gasteiger partial charge in [-0.05, 0) is 30.7 Å². The van der Waals surface area contributed by atoms with Gasteiger partial charge in [-0.1, -0.05) is 15.9 Å². The van der Waals surface area contributed by atoms with Crippen LogP contribution in [0, 0.1) is 17.2 Å². The number of rotatable bonds is 4. The molecule has 0 radical (unpaired) electrons. The van der Waals surface area contributed by atoms with Crippen molar-refractivity contribution < 1.29 is 9.53 Å². The van der Waals surface area contributed by atoms with Gasteiger partial charge < -0.3 is 9.64 Å². The molecule has 1 aliphatic heterocycles. The predicted molar refractivity (Wildman–Crippen MR) is 74.6 cm³/mol. The topological polar surface area (TPSA) is 53.3 Å². The van der Waals surface area contributed by atoms with Gasteiger partial charge in [0.2, 0.25) is 5.91 Å². The van der Waals surface area contributed by atoms with Gasteiger partial charge in [0.15, 0.2) is 0 Å². The van der Waals surface area contributed by atoms with Gasteiger partial charge in [-0.15, -0.1) is 0 Å². The average molecular weight is 323 g/mol. The number of ether oxygens (including phenoxy) is 1. The SMILES string of the molecule is N#CC1CCN(CCOc2ccc(Br)cc2)C(=O)C1. The summed E-state index contributed by atoms with van der Waals surface area (Å²) in [5.41, 5.74) is 0. The standard InChI is InChI=1S/C14H15BrN2O2/c15-12-1-3-13(4-2-12)19-8-7-17-6-5-11(10-16)9-14(17)18/h1-4,11H,5-9H2. The number of piperidine rings is 1. The smallest absolute Gasteiger partial charge is 0.224 e. The lowest BCUT2D eigenvalue weighted by molar-refractivity contribution is -0.134. The fraction of sp³-hybridized carbons (Fsp3) is 0.429. The minimum Gasteiger partial charge on any atom is -0.492 e. The van der Waals surface area contributed by atoms with E-state index in [1.165, 1.54) is 0 Å². The Balaban J connectivity index is 1.76. The second-order valence-corrected chi connectivity index (χ2v) is 5.42. The summed E-state index contributed by atoms with van der Waals surface area (Å²) in [6.45, 7) is 1.71. The molecule has 1 fully saturated rings. The summed E-state index contributed by atoms with van der Waals surface area (Å²) in [6.07, 6.45) is 1.11. The zero-order valence-corrected chi connectivity index (χ0v) is 12.1. The lowest BCUT2D eigenvalue weighted by atomic mass is 9.98. The largest absolute Gasteiger partial charge is 0.492 e. The molecule has 4 nitrogen and oxygen atoms in total. The summed E-state index contributed by atoms with van der Waals surface area (Å²) in [4.78, 5) is 13.5. The van der Waals surface area contributed by atoms with Gasteiger partial charge in [-0.3, -0.25) is 4.79 Å². The first-order valence-electron chi connectivity index (χ1n) is 6.25. The van der Waals surface area contributed by atoms with E-state index in [1.807, 2.05) is 24.3 Å². The van der Waals surface area contributed by atoms with Crippen LogP contribution in [0.25, 0.3) is 0 Å². The molecule has 1 amide bonds. The highest BCUT2D eigenvalue weighted by atomic mass is 79.9. The molecule has 1 aliphatic rings. The summed E-state index contributed by atoms with van der Waals surface area (Å²) >= 11 is 3.36. The molecule has 1 aromatic rings. The number of hydrogen-bond donors (Lipinski definition) is 0. The van der Waals surface area contributed by atoms with Crippen molar-refractivity contribution in [3.8, 4) is 11.8 Å². The van der Waals surface area contributed by atoms with Crippen LogP contribution in [0.1, 0.15) is 12.8 Å². The van der Waals surface area contributed by atoms with Crippen molar-refractivity contribution in [3.05, 3.63) is 28.7 Å². The van der Waals surface area contributed by atoms with Crippen molar-refractivity contribution >= 4 is 21.8 Å². The van der Waals surface area contributed by atoms with E-state index in [2.05, 4.69) is 22.0 Å². The quantitative estimate of drug-likeness (QED) is 0.856. The lowest BCUT2D eigenvalue weighted by Gasteiger charge is -2.28. The Morgan fingerprint density at radius 3 is 2.79 bits per heavy atom. The zero-order valence-electron chi connectivity index (χ0n) is 10.5. The van der Waals surface area contributed by atoms with Crippen molar-refractivity contribution in [3.63, 3.8) is 0 Å². The number of nitriles is 1. The van der Waals surface area contributed by atoms with Gasteiger partial charge in [0, 0.05) is 17.4 Å². The third kappa shape index (κ3) is 3.97. The van der Waals surface area contributed by atoms with Crippen LogP contribution in [0.5, 0.6) is 5.75 Å². The summed E-state index contributed by atoms with van der Waals surface area (Å²) < 4.78 is 6.59. The average Bonchev–Trinajstić information content (AvgIpc) is 2.42. The third-order valence-electron chi connectivity index (χ3n) is 3.15. The normalized spacial score (nSPS) is 19.1. The predicted octanol–water partition coefficient (Wildman–Crippen LogP) is 2.59. The van der Waals surface area contributed by atoms with Crippen molar-refractivity contribution in [1.29, 1.82) is 5.26 Å². The number of carbonyl (C=O) groups excluding carboxylic acids is 1. The van der Waals surface area contributed by atoms with E-state index in [-0.39, 0.29) is 11.8 Å². The molecule has 0 aromatic heterocycles. The van der Waals surface area contributed by atoms with Crippen LogP contribution < -0.4 is 4.74 Å². The van der Waals surface area contributed by atoms with Crippen molar-refractivity contribution in [2.24, 2.45) is 5.92 Å². The molecule has 1 unspecified atom stereocenters. The summed E-state index contributed by atoms with van der Waals surface area (Å²) in [5, 5.41) is 8.79. The van der Waals surface area contributed by atoms with E-state index in [0.29, 0.717) is 26.1 Å². The Morgan fingerprint density at radius 2 is 2.16 bits per heavy atom. The van der Waals surface area contributed by atoms with E-state index in [4.69, 9.17) is 10.00 Å². The van der Waals surface area contributed by atoms with Crippen molar-refractivity contribution in [2.45, 2.75) is 12.8 Å². The first kappa shape index (κ1) is 13.9. The van der Waals surface area contributed by atoms with E-state index in [1.54, 1.807) is 4.90 Å². The van der Waals surface area contributed by atoms with E-state index < -0.39 is 0 Å². The van der Waals surface area contributed by atoms with Crippen LogP contribution in [0.15, 0.2) is 28.7 Å². The molecule has 0 spiro atoms. The maximum Gasteiger partial charge on any atom is 0.224 e. The van der Waals surface area contributed by atoms with Crippen LogP contribution in [0.4, 0.5) is 0 Å². The lowest BCUT2D eigenvalue weighted by Crippen LogP contribution is -2.40. The van der Waals surface area contributed by atoms with Gasteiger partial charge in [0.25, 0.3) is 0 Å². The first-order chi connectivity index (χ1) is 9.19. The summed E-state index contributed by atoms with van der Waals surface area (Å²) in [6, 6.07) is 9.76. The van der Waals surface area contributed by atoms with Crippen LogP contribution in [0.2, 0.25) is 0 Å². The Morgan fingerprint density at radius 1 is 1.42 bits per heavy atom. The Labute approximate surface area is 121 Å². The van der Waals surface area contributed by atoms with E-state index in [0.717, 1.165) is 16.6 Å². The molecule has 0 N–H and O–H groups in total. The van der Waals surface area contributed by atoms with Crippen LogP contribution in [0.3, 0.4) is 0 Å². The number of benzene rings is 1. The number of amides is 1. The zero-order chi connectivity index (χ0) is 13.7. The van der Waals surface area contributed by atoms with Gasteiger partial charge >= 0.3 is 0 Å². The number of hydrogen-bond acceptors (Lipinski definition) is 3. The molecule has 0 saturated carbocycles. The molecule has 1 atom stereocenters. The number of likely N-dealkylation sites (tertiary alicyclic amines) is 1. The third-order valence-corrected chi connectivity index (χ3v) is 3.68. The molecule has 0 aliphatic carbocycles. The maximum absolute atomic E-state index is 11.8. The van der Waals surface area contributed by atoms with E-state index >= 15 is 0 Å². The van der Waals surface area contributed by atoms with E-state index in [9.17, 15) is 4.79 Å². The number of halogens is 1. The van der Waals surface area contributed by atoms with Crippen LogP contribution in [-0.4, -0.2) is 30.5 Å². The molecule has 5 heteroatoms. The highest BCUT2D eigenvalue weighted by Gasteiger charge is 2.25. The second-order valence-electron chi connectivity index (χ2n) is 4.50. The monoisotopic (exact) mass is 322 g/mol. The minimum atomic E-state index is -0.115. The van der Waals surface area contributed by atoms with Gasteiger partial charge in [0.1, 0.15) is 12.4 Å². The number of carbonyl (C=O) groups is 1. The maximum atomic E-state index is 11.8. The molecule has 1 heterocycles. The molecule has 0 bridgehead atoms. The molecular formula is C14H15BrN2O2. The molecule has 2 rings (SSSR count). The van der Waals surface area contributed by atoms with Crippen LogP contribution >= 0.6 is 15.9 Å². The van der Waals surface area contributed by atoms with Crippen molar-refractivity contribution in [1.82, 2.24) is 4.90 Å². The Kier molecular flexibility index (Phi) is 4.80. The molecular weight excluding hydrogens is 308 g/mol. The van der Waals surface area contributed by atoms with Gasteiger partial charge in [0.05, 0.1) is 18.5 Å². The summed E-state index contributed by atoms with van der Waals surface area (Å²) in [5.74, 6) is 0.732. The van der Waals surface area contributed by atoms with Crippen molar-refractivity contribution in [2.75, 3.05) is 19.7 Å². The Bertz CT molecular complexity index is 481. The molecule has 1 aromatic carbocycles. The fourth-order valence-corrected chi connectivity index (χ4v) is 2.29. The molecule has 100 valence electrons. The minimum absolute atomic E-state index is 0.0530. The van der Waals surface area contributed by atoms with Crippen LogP contribution in [-0.2, 0) is 4.79 Å². The number of nitrogens with zero attached hydrogens (tertiary/aromatic N) is 2. The highest BCUT2D eigenvalue weighted by Crippen LogP contribution is 2.18. The fourth-order valence-electron chi connectivity index (χ4n) is 2.03. The van der Waals surface area contributed by atoms with Gasteiger partial charge in [-0.2, -0.15) is 5.26 Å². The first-order valence-corrected chi connectivity index (χ1v) is 7.04. The van der Waals surface area contributed by atoms with Gasteiger partial charge in [-0.25, -0.2) is 0 Å². The highest BCUT2D eigenvalue weighted by molar-refractivity contribution is 9.10. The summed E-state index contributed by atoms with van der Waals surface area (Å²) in [7, 11) is 0.